The zero-order valence-corrected chi connectivity index (χ0v) is 38.9. The Hall–Kier alpha value is 1.45. The van der Waals surface area contributed by atoms with E-state index in [2.05, 4.69) is 119 Å². The van der Waals surface area contributed by atoms with Crippen LogP contribution >= 0.6 is 0 Å². The minimum atomic E-state index is -2.60. The highest BCUT2D eigenvalue weighted by atomic mass is 29.3. The Labute approximate surface area is 275 Å². The Morgan fingerprint density at radius 3 is 1.43 bits per heavy atom. The van der Waals surface area contributed by atoms with Crippen molar-refractivity contribution in [3.05, 3.63) is 13.2 Å². The highest BCUT2D eigenvalue weighted by Crippen LogP contribution is 2.42. The van der Waals surface area contributed by atoms with E-state index in [1.165, 1.54) is 6.04 Å². The standard InChI is InChI=1S/C23H64O6Si9.C2H4.2CH4/c1-17-31(4,5)24-30-20-21-36(14)27-37(15,23-22-34(10,11)25-32(6,7)18-2)29-38(16,28-36)35(12,13)26-33(8,9)19-3;1-2;;/h17-23,30H2,1-16H3;1-2H2;2*1H4. The van der Waals surface area contributed by atoms with Gasteiger partial charge in [0.15, 0.2) is 33.3 Å². The monoisotopic (exact) mass is 748 g/mol. The van der Waals surface area contributed by atoms with E-state index in [9.17, 15) is 0 Å². The van der Waals surface area contributed by atoms with Gasteiger partial charge in [0.05, 0.1) is 0 Å². The van der Waals surface area contributed by atoms with Crippen molar-refractivity contribution >= 4 is 76.1 Å². The molecule has 1 saturated heterocycles. The molecule has 0 radical (unpaired) electrons. The first-order chi connectivity index (χ1) is 17.9. The molecule has 256 valence electrons. The van der Waals surface area contributed by atoms with E-state index in [0.29, 0.717) is 0 Å². The maximum atomic E-state index is 7.23. The lowest BCUT2D eigenvalue weighted by molar-refractivity contribution is 0.231. The lowest BCUT2D eigenvalue weighted by Gasteiger charge is -2.55. The van der Waals surface area contributed by atoms with E-state index in [1.807, 2.05) is 0 Å². The molecule has 6 nitrogen and oxygen atoms in total. The molecule has 0 saturated carbocycles. The summed E-state index contributed by atoms with van der Waals surface area (Å²) >= 11 is 0. The topological polar surface area (TPSA) is 55.4 Å². The molecule has 0 N–H and O–H groups in total. The molecular formula is C27H76O6Si9. The lowest BCUT2D eigenvalue weighted by atomic mass is 10.9. The highest BCUT2D eigenvalue weighted by Gasteiger charge is 2.64. The van der Waals surface area contributed by atoms with E-state index in [0.717, 1.165) is 36.3 Å². The van der Waals surface area contributed by atoms with Gasteiger partial charge >= 0.3 is 25.2 Å². The summed E-state index contributed by atoms with van der Waals surface area (Å²) in [7, 11) is -17.0. The molecular weight excluding hydrogens is 673 g/mol. The zero-order chi connectivity index (χ0) is 31.9. The van der Waals surface area contributed by atoms with E-state index in [1.54, 1.807) is 0 Å². The third-order valence-corrected chi connectivity index (χ3v) is 53.4. The first-order valence-corrected chi connectivity index (χ1v) is 40.8. The summed E-state index contributed by atoms with van der Waals surface area (Å²) < 4.78 is 41.9. The Morgan fingerprint density at radius 1 is 0.595 bits per heavy atom. The maximum Gasteiger partial charge on any atom is 0.327 e. The molecule has 1 rings (SSSR count). The van der Waals surface area contributed by atoms with Gasteiger partial charge in [0.25, 0.3) is 0 Å². The molecule has 1 aliphatic rings. The second-order valence-corrected chi connectivity index (χ2v) is 54.6. The second-order valence-electron chi connectivity index (χ2n) is 14.8. The number of hydrogen-bond acceptors (Lipinski definition) is 6. The van der Waals surface area contributed by atoms with Gasteiger partial charge in [-0.2, -0.15) is 0 Å². The predicted molar refractivity (Wildman–Crippen MR) is 213 cm³/mol. The molecule has 0 aliphatic carbocycles. The van der Waals surface area contributed by atoms with Crippen LogP contribution in [0.2, 0.25) is 127 Å². The van der Waals surface area contributed by atoms with Gasteiger partial charge in [-0.15, -0.1) is 13.2 Å². The maximum absolute atomic E-state index is 7.23. The van der Waals surface area contributed by atoms with Crippen LogP contribution in [0.5, 0.6) is 0 Å². The van der Waals surface area contributed by atoms with Gasteiger partial charge in [-0.1, -0.05) is 35.6 Å². The van der Waals surface area contributed by atoms with Crippen LogP contribution in [0.15, 0.2) is 13.2 Å². The van der Waals surface area contributed by atoms with Crippen LogP contribution in [0.3, 0.4) is 0 Å². The van der Waals surface area contributed by atoms with E-state index < -0.39 is 76.1 Å². The molecule has 42 heavy (non-hydrogen) atoms. The van der Waals surface area contributed by atoms with Gasteiger partial charge in [0.1, 0.15) is 9.76 Å². The summed E-state index contributed by atoms with van der Waals surface area (Å²) in [6, 6.07) is 7.69. The second kappa shape index (κ2) is 18.1. The third-order valence-electron chi connectivity index (χ3n) is 8.43. The Morgan fingerprint density at radius 2 is 1.00 bits per heavy atom. The van der Waals surface area contributed by atoms with Crippen LogP contribution in [-0.4, -0.2) is 76.1 Å². The van der Waals surface area contributed by atoms with Crippen LogP contribution in [0.25, 0.3) is 0 Å². The minimum absolute atomic E-state index is 0. The minimum Gasteiger partial charge on any atom is -0.460 e. The fraction of sp³-hybridized carbons (Fsp3) is 0.926. The average molecular weight is 750 g/mol. The van der Waals surface area contributed by atoms with Crippen molar-refractivity contribution in [3.8, 4) is 0 Å². The Balaban J connectivity index is -0.00000371. The molecule has 3 atom stereocenters. The fourth-order valence-corrected chi connectivity index (χ4v) is 57.6. The molecule has 0 spiro atoms. The Kier molecular flexibility index (Phi) is 20.6. The summed E-state index contributed by atoms with van der Waals surface area (Å²) in [4.78, 5) is 0. The molecule has 15 heteroatoms. The molecule has 0 amide bonds. The van der Waals surface area contributed by atoms with Crippen molar-refractivity contribution in [2.45, 2.75) is 163 Å². The van der Waals surface area contributed by atoms with Crippen LogP contribution in [0, 0.1) is 0 Å². The summed E-state index contributed by atoms with van der Waals surface area (Å²) in [6.45, 7) is 43.4. The SMILES string of the molecule is C.C.C=C.CC[Si](C)(C)O[SiH2]CC[Si]1(C)O[Si](C)(CC[Si](C)(C)O[Si](C)(C)CC)O[Si](C)([Si](C)(C)O[Si](C)(C)CC)O1. The Bertz CT molecular complexity index is 787. The van der Waals surface area contributed by atoms with Gasteiger partial charge in [0.2, 0.25) is 7.83 Å². The van der Waals surface area contributed by atoms with Crippen molar-refractivity contribution in [1.29, 1.82) is 0 Å². The molecule has 3 unspecified atom stereocenters. The quantitative estimate of drug-likeness (QED) is 0.0890. The predicted octanol–water partition coefficient (Wildman–Crippen LogP) is 10.1. The van der Waals surface area contributed by atoms with Crippen molar-refractivity contribution in [2.75, 3.05) is 0 Å². The van der Waals surface area contributed by atoms with Crippen molar-refractivity contribution in [2.24, 2.45) is 0 Å². The van der Waals surface area contributed by atoms with Crippen molar-refractivity contribution in [3.63, 3.8) is 0 Å². The first-order valence-electron chi connectivity index (χ1n) is 15.5. The van der Waals surface area contributed by atoms with Crippen molar-refractivity contribution in [1.82, 2.24) is 0 Å². The van der Waals surface area contributed by atoms with Gasteiger partial charge in [-0.25, -0.2) is 0 Å². The molecule has 1 heterocycles. The van der Waals surface area contributed by atoms with Crippen LogP contribution in [0.4, 0.5) is 0 Å². The van der Waals surface area contributed by atoms with Crippen LogP contribution < -0.4 is 0 Å². The summed E-state index contributed by atoms with van der Waals surface area (Å²) in [5.41, 5.74) is 0. The van der Waals surface area contributed by atoms with Crippen LogP contribution in [-0.2, 0) is 24.7 Å². The van der Waals surface area contributed by atoms with Crippen molar-refractivity contribution < 1.29 is 24.7 Å². The smallest absolute Gasteiger partial charge is 0.327 e. The molecule has 0 bridgehead atoms. The summed E-state index contributed by atoms with van der Waals surface area (Å²) in [5.74, 6) is 0. The van der Waals surface area contributed by atoms with E-state index >= 15 is 0 Å². The molecule has 0 aromatic carbocycles. The number of hydrogen-bond donors (Lipinski definition) is 0. The molecule has 0 aromatic rings. The largest absolute Gasteiger partial charge is 0.460 e. The molecule has 1 aliphatic heterocycles. The summed E-state index contributed by atoms with van der Waals surface area (Å²) in [6.07, 6.45) is 0. The van der Waals surface area contributed by atoms with E-state index in [4.69, 9.17) is 24.7 Å². The van der Waals surface area contributed by atoms with Crippen LogP contribution in [0.1, 0.15) is 35.6 Å². The molecule has 0 aromatic heterocycles. The van der Waals surface area contributed by atoms with Gasteiger partial charge in [-0.05, 0) is 127 Å². The van der Waals surface area contributed by atoms with E-state index in [-0.39, 0.29) is 14.9 Å². The average Bonchev–Trinajstić information content (AvgIpc) is 2.80. The van der Waals surface area contributed by atoms with Gasteiger partial charge in [0, 0.05) is 0 Å². The normalized spacial score (nSPS) is 25.8. The van der Waals surface area contributed by atoms with Gasteiger partial charge < -0.3 is 24.7 Å². The highest BCUT2D eigenvalue weighted by molar-refractivity contribution is 7.37. The fourth-order valence-electron chi connectivity index (χ4n) is 4.89. The summed E-state index contributed by atoms with van der Waals surface area (Å²) in [5, 5.41) is 0. The third kappa shape index (κ3) is 15.8. The zero-order valence-electron chi connectivity index (χ0n) is 29.5. The lowest BCUT2D eigenvalue weighted by Crippen LogP contribution is -2.77. The number of rotatable bonds is 16. The molecule has 1 fully saturated rings. The first kappa shape index (κ1) is 47.9. The van der Waals surface area contributed by atoms with Gasteiger partial charge in [-0.3, -0.25) is 0 Å².